The van der Waals surface area contributed by atoms with E-state index in [4.69, 9.17) is 5.11 Å². The number of anilines is 1. The van der Waals surface area contributed by atoms with Gasteiger partial charge in [-0.3, -0.25) is 9.48 Å². The number of aryl methyl sites for hydroxylation is 3. The van der Waals surface area contributed by atoms with Crippen LogP contribution in [-0.2, 0) is 18.3 Å². The van der Waals surface area contributed by atoms with Crippen LogP contribution in [0.25, 0.3) is 0 Å². The van der Waals surface area contributed by atoms with Crippen LogP contribution in [0.3, 0.4) is 0 Å². The van der Waals surface area contributed by atoms with Crippen molar-refractivity contribution < 1.29 is 14.7 Å². The zero-order valence-electron chi connectivity index (χ0n) is 12.0. The summed E-state index contributed by atoms with van der Waals surface area (Å²) in [7, 11) is 1.82. The lowest BCUT2D eigenvalue weighted by molar-refractivity contribution is -0.116. The van der Waals surface area contributed by atoms with Crippen LogP contribution >= 0.6 is 0 Å². The third-order valence-corrected chi connectivity index (χ3v) is 3.15. The molecule has 0 spiro atoms. The second-order valence-corrected chi connectivity index (χ2v) is 4.91. The number of nitrogens with zero attached hydrogens (tertiary/aromatic N) is 2. The number of aromatic nitrogens is 2. The Morgan fingerprint density at radius 2 is 2.14 bits per heavy atom. The van der Waals surface area contributed by atoms with Gasteiger partial charge >= 0.3 is 5.97 Å². The van der Waals surface area contributed by atoms with Crippen LogP contribution in [-0.4, -0.2) is 26.8 Å². The summed E-state index contributed by atoms with van der Waals surface area (Å²) in [6.07, 6.45) is 4.50. The lowest BCUT2D eigenvalue weighted by Gasteiger charge is -2.07. The zero-order chi connectivity index (χ0) is 15.4. The highest BCUT2D eigenvalue weighted by Crippen LogP contribution is 2.16. The first-order chi connectivity index (χ1) is 9.95. The first-order valence-corrected chi connectivity index (χ1v) is 6.57. The molecule has 0 aliphatic rings. The Morgan fingerprint density at radius 1 is 1.38 bits per heavy atom. The number of amides is 1. The number of carbonyl (C=O) groups is 2. The molecule has 21 heavy (non-hydrogen) atoms. The number of rotatable bonds is 5. The largest absolute Gasteiger partial charge is 0.478 e. The van der Waals surface area contributed by atoms with Crippen molar-refractivity contribution in [2.45, 2.75) is 19.8 Å². The second kappa shape index (κ2) is 6.21. The molecule has 0 aliphatic heterocycles. The summed E-state index contributed by atoms with van der Waals surface area (Å²) in [5.41, 5.74) is 2.34. The van der Waals surface area contributed by atoms with Crippen LogP contribution in [0.15, 0.2) is 30.6 Å². The summed E-state index contributed by atoms with van der Waals surface area (Å²) < 4.78 is 1.69. The lowest BCUT2D eigenvalue weighted by atomic mass is 10.1. The van der Waals surface area contributed by atoms with E-state index in [1.165, 1.54) is 6.07 Å². The molecule has 6 heteroatoms. The van der Waals surface area contributed by atoms with Crippen molar-refractivity contribution in [3.05, 3.63) is 47.3 Å². The molecular weight excluding hydrogens is 270 g/mol. The Kier molecular flexibility index (Phi) is 4.37. The average Bonchev–Trinajstić information content (AvgIpc) is 2.84. The Labute approximate surface area is 122 Å². The number of carbonyl (C=O) groups excluding carboxylic acids is 1. The molecule has 110 valence electrons. The Morgan fingerprint density at radius 3 is 2.76 bits per heavy atom. The molecule has 0 saturated heterocycles. The van der Waals surface area contributed by atoms with E-state index in [1.807, 2.05) is 13.2 Å². The quantitative estimate of drug-likeness (QED) is 0.881. The molecule has 0 atom stereocenters. The molecule has 0 aliphatic carbocycles. The fourth-order valence-corrected chi connectivity index (χ4v) is 2.01. The van der Waals surface area contributed by atoms with Crippen molar-refractivity contribution in [1.82, 2.24) is 9.78 Å². The first-order valence-electron chi connectivity index (χ1n) is 6.57. The topological polar surface area (TPSA) is 84.2 Å². The van der Waals surface area contributed by atoms with Crippen molar-refractivity contribution in [3.63, 3.8) is 0 Å². The molecule has 2 rings (SSSR count). The first kappa shape index (κ1) is 14.8. The van der Waals surface area contributed by atoms with E-state index in [1.54, 1.807) is 29.9 Å². The van der Waals surface area contributed by atoms with Gasteiger partial charge in [0.2, 0.25) is 5.91 Å². The maximum atomic E-state index is 11.9. The molecule has 0 saturated carbocycles. The molecule has 1 aromatic carbocycles. The fourth-order valence-electron chi connectivity index (χ4n) is 2.01. The van der Waals surface area contributed by atoms with Crippen LogP contribution in [0.5, 0.6) is 0 Å². The summed E-state index contributed by atoms with van der Waals surface area (Å²) in [6, 6.07) is 4.85. The third kappa shape index (κ3) is 3.92. The van der Waals surface area contributed by atoms with Gasteiger partial charge in [0, 0.05) is 25.4 Å². The van der Waals surface area contributed by atoms with Gasteiger partial charge in [-0.15, -0.1) is 0 Å². The molecular formula is C15H17N3O3. The Balaban J connectivity index is 1.96. The third-order valence-electron chi connectivity index (χ3n) is 3.15. The van der Waals surface area contributed by atoms with Crippen LogP contribution in [0.1, 0.15) is 27.9 Å². The highest BCUT2D eigenvalue weighted by Gasteiger charge is 2.10. The molecule has 0 radical (unpaired) electrons. The minimum atomic E-state index is -1.00. The van der Waals surface area contributed by atoms with E-state index < -0.39 is 5.97 Å². The summed E-state index contributed by atoms with van der Waals surface area (Å²) >= 11 is 0. The normalized spacial score (nSPS) is 10.4. The van der Waals surface area contributed by atoms with Gasteiger partial charge in [0.05, 0.1) is 11.8 Å². The average molecular weight is 287 g/mol. The van der Waals surface area contributed by atoms with Crippen molar-refractivity contribution in [2.24, 2.45) is 7.05 Å². The highest BCUT2D eigenvalue weighted by molar-refractivity contribution is 5.94. The fraction of sp³-hybridized carbons (Fsp3) is 0.267. The van der Waals surface area contributed by atoms with Crippen LogP contribution in [0.2, 0.25) is 0 Å². The van der Waals surface area contributed by atoms with Gasteiger partial charge in [-0.05, 0) is 36.6 Å². The van der Waals surface area contributed by atoms with E-state index in [0.29, 0.717) is 24.1 Å². The maximum absolute atomic E-state index is 11.9. The number of benzene rings is 1. The van der Waals surface area contributed by atoms with E-state index in [-0.39, 0.29) is 11.5 Å². The van der Waals surface area contributed by atoms with Gasteiger partial charge in [0.1, 0.15) is 0 Å². The number of hydrogen-bond acceptors (Lipinski definition) is 3. The molecule has 2 N–H and O–H groups in total. The molecule has 2 aromatic rings. The predicted molar refractivity (Wildman–Crippen MR) is 78.3 cm³/mol. The van der Waals surface area contributed by atoms with E-state index >= 15 is 0 Å². The van der Waals surface area contributed by atoms with Crippen molar-refractivity contribution in [3.8, 4) is 0 Å². The smallest absolute Gasteiger partial charge is 0.336 e. The minimum Gasteiger partial charge on any atom is -0.478 e. The number of hydrogen-bond donors (Lipinski definition) is 2. The zero-order valence-corrected chi connectivity index (χ0v) is 12.0. The predicted octanol–water partition coefficient (Wildman–Crippen LogP) is 2.00. The lowest BCUT2D eigenvalue weighted by Crippen LogP contribution is -2.13. The second-order valence-electron chi connectivity index (χ2n) is 4.91. The monoisotopic (exact) mass is 287 g/mol. The van der Waals surface area contributed by atoms with Gasteiger partial charge in [-0.1, -0.05) is 6.07 Å². The van der Waals surface area contributed by atoms with Gasteiger partial charge in [0.15, 0.2) is 0 Å². The van der Waals surface area contributed by atoms with Crippen molar-refractivity contribution >= 4 is 17.6 Å². The minimum absolute atomic E-state index is 0.154. The summed E-state index contributed by atoms with van der Waals surface area (Å²) in [5.74, 6) is -1.15. The molecule has 0 unspecified atom stereocenters. The van der Waals surface area contributed by atoms with Crippen molar-refractivity contribution in [1.29, 1.82) is 0 Å². The van der Waals surface area contributed by atoms with E-state index in [9.17, 15) is 9.59 Å². The molecule has 1 aromatic heterocycles. The molecule has 0 bridgehead atoms. The number of aromatic carboxylic acids is 1. The Hall–Kier alpha value is -2.63. The van der Waals surface area contributed by atoms with Gasteiger partial charge in [0.25, 0.3) is 0 Å². The SMILES string of the molecule is Cc1ccc(NC(=O)CCc2cnn(C)c2)cc1C(=O)O. The number of nitrogens with one attached hydrogen (secondary N) is 1. The molecule has 6 nitrogen and oxygen atoms in total. The summed E-state index contributed by atoms with van der Waals surface area (Å²) in [5, 5.41) is 15.8. The summed E-state index contributed by atoms with van der Waals surface area (Å²) in [6.45, 7) is 1.72. The maximum Gasteiger partial charge on any atom is 0.336 e. The number of carboxylic acids is 1. The standard InChI is InChI=1S/C15H17N3O3/c1-10-3-5-12(7-13(10)15(20)21)17-14(19)6-4-11-8-16-18(2)9-11/h3,5,7-9H,4,6H2,1-2H3,(H,17,19)(H,20,21). The van der Waals surface area contributed by atoms with E-state index in [0.717, 1.165) is 5.56 Å². The van der Waals surface area contributed by atoms with E-state index in [2.05, 4.69) is 10.4 Å². The van der Waals surface area contributed by atoms with Gasteiger partial charge in [-0.25, -0.2) is 4.79 Å². The Bertz CT molecular complexity index is 677. The van der Waals surface area contributed by atoms with Gasteiger partial charge in [-0.2, -0.15) is 5.10 Å². The molecule has 1 heterocycles. The van der Waals surface area contributed by atoms with Gasteiger partial charge < -0.3 is 10.4 Å². The highest BCUT2D eigenvalue weighted by atomic mass is 16.4. The molecule has 0 fully saturated rings. The van der Waals surface area contributed by atoms with Crippen LogP contribution in [0.4, 0.5) is 5.69 Å². The van der Waals surface area contributed by atoms with Crippen molar-refractivity contribution in [2.75, 3.05) is 5.32 Å². The van der Waals surface area contributed by atoms with Crippen LogP contribution < -0.4 is 5.32 Å². The molecule has 1 amide bonds. The summed E-state index contributed by atoms with van der Waals surface area (Å²) in [4.78, 5) is 22.9. The van der Waals surface area contributed by atoms with Crippen LogP contribution in [0, 0.1) is 6.92 Å². The number of carboxylic acid groups (broad SMARTS) is 1.